The van der Waals surface area contributed by atoms with E-state index >= 15 is 0 Å². The molecule has 0 saturated heterocycles. The van der Waals surface area contributed by atoms with Crippen LogP contribution in [0.1, 0.15) is 10.5 Å². The van der Waals surface area contributed by atoms with E-state index in [4.69, 9.17) is 14.2 Å². The van der Waals surface area contributed by atoms with Gasteiger partial charge in [-0.25, -0.2) is 0 Å². The number of methoxy groups -OCH3 is 1. The number of amides is 1. The SMILES string of the molecule is COc1ccc2c(c1)cc(C(=O)Nc1ccc3c(c1)OCCO3)n2C. The van der Waals surface area contributed by atoms with Crippen molar-refractivity contribution in [3.8, 4) is 17.2 Å². The largest absolute Gasteiger partial charge is 0.497 e. The molecule has 2 aromatic carbocycles. The van der Waals surface area contributed by atoms with Gasteiger partial charge in [-0.1, -0.05) is 0 Å². The van der Waals surface area contributed by atoms with Crippen molar-refractivity contribution < 1.29 is 19.0 Å². The Kier molecular flexibility index (Phi) is 3.72. The van der Waals surface area contributed by atoms with E-state index in [1.165, 1.54) is 0 Å². The highest BCUT2D eigenvalue weighted by molar-refractivity contribution is 6.06. The molecule has 0 atom stereocenters. The number of ether oxygens (including phenoxy) is 3. The summed E-state index contributed by atoms with van der Waals surface area (Å²) in [5.41, 5.74) is 2.20. The lowest BCUT2D eigenvalue weighted by Gasteiger charge is -2.19. The molecule has 6 nitrogen and oxygen atoms in total. The monoisotopic (exact) mass is 338 g/mol. The van der Waals surface area contributed by atoms with Gasteiger partial charge in [-0.2, -0.15) is 0 Å². The van der Waals surface area contributed by atoms with Crippen LogP contribution in [0.25, 0.3) is 10.9 Å². The number of carbonyl (C=O) groups excluding carboxylic acids is 1. The second-order valence-corrected chi connectivity index (χ2v) is 5.83. The Hall–Kier alpha value is -3.15. The fourth-order valence-corrected chi connectivity index (χ4v) is 2.99. The Morgan fingerprint density at radius 2 is 1.88 bits per heavy atom. The highest BCUT2D eigenvalue weighted by Gasteiger charge is 2.16. The van der Waals surface area contributed by atoms with Gasteiger partial charge in [0.1, 0.15) is 24.7 Å². The quantitative estimate of drug-likeness (QED) is 0.796. The fourth-order valence-electron chi connectivity index (χ4n) is 2.99. The molecule has 3 aromatic rings. The van der Waals surface area contributed by atoms with Crippen molar-refractivity contribution >= 4 is 22.5 Å². The Labute approximate surface area is 144 Å². The van der Waals surface area contributed by atoms with E-state index < -0.39 is 0 Å². The molecule has 0 bridgehead atoms. The molecule has 0 aliphatic carbocycles. The van der Waals surface area contributed by atoms with E-state index in [1.54, 1.807) is 25.3 Å². The van der Waals surface area contributed by atoms with Crippen molar-refractivity contribution in [1.82, 2.24) is 4.57 Å². The molecule has 1 aliphatic rings. The average Bonchev–Trinajstić information content (AvgIpc) is 2.97. The molecule has 0 fully saturated rings. The van der Waals surface area contributed by atoms with Crippen LogP contribution in [-0.2, 0) is 7.05 Å². The van der Waals surface area contributed by atoms with Crippen LogP contribution in [0.4, 0.5) is 5.69 Å². The third-order valence-corrected chi connectivity index (χ3v) is 4.28. The predicted octanol–water partition coefficient (Wildman–Crippen LogP) is 3.21. The molecular weight excluding hydrogens is 320 g/mol. The van der Waals surface area contributed by atoms with E-state index in [-0.39, 0.29) is 5.91 Å². The first-order valence-electron chi connectivity index (χ1n) is 8.00. The maximum atomic E-state index is 12.7. The number of anilines is 1. The van der Waals surface area contributed by atoms with Gasteiger partial charge in [0.05, 0.1) is 7.11 Å². The Bertz CT molecular complexity index is 961. The second kappa shape index (κ2) is 6.05. The van der Waals surface area contributed by atoms with Crippen molar-refractivity contribution in [2.24, 2.45) is 7.05 Å². The number of nitrogens with one attached hydrogen (secondary N) is 1. The normalized spacial score (nSPS) is 12.9. The molecule has 1 aromatic heterocycles. The zero-order valence-electron chi connectivity index (χ0n) is 14.0. The summed E-state index contributed by atoms with van der Waals surface area (Å²) in [5.74, 6) is 1.91. The molecule has 25 heavy (non-hydrogen) atoms. The van der Waals surface area contributed by atoms with Gasteiger partial charge in [0, 0.05) is 29.7 Å². The van der Waals surface area contributed by atoms with Crippen LogP contribution in [0.15, 0.2) is 42.5 Å². The van der Waals surface area contributed by atoms with Crippen LogP contribution >= 0.6 is 0 Å². The number of nitrogens with zero attached hydrogens (tertiary/aromatic N) is 1. The molecular formula is C19H18N2O4. The van der Waals surface area contributed by atoms with Gasteiger partial charge in [0.2, 0.25) is 0 Å². The number of rotatable bonds is 3. The number of carbonyl (C=O) groups is 1. The lowest BCUT2D eigenvalue weighted by molar-refractivity contribution is 0.101. The molecule has 0 radical (unpaired) electrons. The summed E-state index contributed by atoms with van der Waals surface area (Å²) in [5, 5.41) is 3.87. The van der Waals surface area contributed by atoms with Gasteiger partial charge in [-0.05, 0) is 36.4 Å². The van der Waals surface area contributed by atoms with E-state index in [2.05, 4.69) is 5.32 Å². The van der Waals surface area contributed by atoms with Crippen LogP contribution in [0, 0.1) is 0 Å². The van der Waals surface area contributed by atoms with Gasteiger partial charge in [0.25, 0.3) is 5.91 Å². The van der Waals surface area contributed by atoms with Crippen molar-refractivity contribution in [1.29, 1.82) is 0 Å². The molecule has 0 unspecified atom stereocenters. The van der Waals surface area contributed by atoms with E-state index in [0.717, 1.165) is 16.7 Å². The average molecular weight is 338 g/mol. The minimum Gasteiger partial charge on any atom is -0.497 e. The lowest BCUT2D eigenvalue weighted by Crippen LogP contribution is -2.17. The molecule has 2 heterocycles. The third-order valence-electron chi connectivity index (χ3n) is 4.28. The van der Waals surface area contributed by atoms with Crippen molar-refractivity contribution in [2.45, 2.75) is 0 Å². The summed E-state index contributed by atoms with van der Waals surface area (Å²) < 4.78 is 18.2. The Balaban J connectivity index is 1.62. The van der Waals surface area contributed by atoms with Crippen molar-refractivity contribution in [2.75, 3.05) is 25.6 Å². The summed E-state index contributed by atoms with van der Waals surface area (Å²) in [6.07, 6.45) is 0. The zero-order valence-corrected chi connectivity index (χ0v) is 14.0. The van der Waals surface area contributed by atoms with Crippen LogP contribution in [-0.4, -0.2) is 30.8 Å². The van der Waals surface area contributed by atoms with Crippen LogP contribution in [0.2, 0.25) is 0 Å². The highest BCUT2D eigenvalue weighted by atomic mass is 16.6. The summed E-state index contributed by atoms with van der Waals surface area (Å²) in [6, 6.07) is 13.0. The first kappa shape index (κ1) is 15.4. The number of hydrogen-bond donors (Lipinski definition) is 1. The predicted molar refractivity (Wildman–Crippen MR) is 94.9 cm³/mol. The number of aryl methyl sites for hydroxylation is 1. The Morgan fingerprint density at radius 3 is 2.68 bits per heavy atom. The summed E-state index contributed by atoms with van der Waals surface area (Å²) in [6.45, 7) is 1.05. The number of benzene rings is 2. The summed E-state index contributed by atoms with van der Waals surface area (Å²) >= 11 is 0. The van der Waals surface area contributed by atoms with Crippen LogP contribution in [0.5, 0.6) is 17.2 Å². The maximum absolute atomic E-state index is 12.7. The van der Waals surface area contributed by atoms with Crippen molar-refractivity contribution in [3.05, 3.63) is 48.2 Å². The highest BCUT2D eigenvalue weighted by Crippen LogP contribution is 2.33. The summed E-state index contributed by atoms with van der Waals surface area (Å²) in [7, 11) is 3.49. The summed E-state index contributed by atoms with van der Waals surface area (Å²) in [4.78, 5) is 12.7. The van der Waals surface area contributed by atoms with Gasteiger partial charge >= 0.3 is 0 Å². The van der Waals surface area contributed by atoms with E-state index in [9.17, 15) is 4.79 Å². The maximum Gasteiger partial charge on any atom is 0.272 e. The zero-order chi connectivity index (χ0) is 17.4. The van der Waals surface area contributed by atoms with Crippen LogP contribution in [0.3, 0.4) is 0 Å². The molecule has 1 amide bonds. The second-order valence-electron chi connectivity index (χ2n) is 5.83. The van der Waals surface area contributed by atoms with Crippen LogP contribution < -0.4 is 19.5 Å². The molecule has 1 aliphatic heterocycles. The first-order valence-corrected chi connectivity index (χ1v) is 8.00. The minimum atomic E-state index is -0.186. The molecule has 128 valence electrons. The molecule has 0 spiro atoms. The van der Waals surface area contributed by atoms with Gasteiger partial charge < -0.3 is 24.1 Å². The van der Waals surface area contributed by atoms with Gasteiger partial charge in [-0.3, -0.25) is 4.79 Å². The topological polar surface area (TPSA) is 61.7 Å². The number of hydrogen-bond acceptors (Lipinski definition) is 4. The van der Waals surface area contributed by atoms with E-state index in [1.807, 2.05) is 35.9 Å². The standard InChI is InChI=1S/C19H18N2O4/c1-21-15-5-4-14(23-2)9-12(15)10-16(21)19(22)20-13-3-6-17-18(11-13)25-8-7-24-17/h3-6,9-11H,7-8H2,1-2H3,(H,20,22). The third kappa shape index (κ3) is 2.76. The fraction of sp³-hybridized carbons (Fsp3) is 0.211. The molecule has 1 N–H and O–H groups in total. The first-order chi connectivity index (χ1) is 12.2. The molecule has 0 saturated carbocycles. The van der Waals surface area contributed by atoms with Gasteiger partial charge in [0.15, 0.2) is 11.5 Å². The number of aromatic nitrogens is 1. The number of fused-ring (bicyclic) bond motifs is 2. The Morgan fingerprint density at radius 1 is 1.08 bits per heavy atom. The molecule has 6 heteroatoms. The van der Waals surface area contributed by atoms with E-state index in [0.29, 0.717) is 36.1 Å². The lowest BCUT2D eigenvalue weighted by atomic mass is 10.2. The minimum absolute atomic E-state index is 0.186. The molecule has 4 rings (SSSR count). The van der Waals surface area contributed by atoms with Crippen molar-refractivity contribution in [3.63, 3.8) is 0 Å². The van der Waals surface area contributed by atoms with Gasteiger partial charge in [-0.15, -0.1) is 0 Å². The smallest absolute Gasteiger partial charge is 0.272 e.